The zero-order chi connectivity index (χ0) is 55.0. The second kappa shape index (κ2) is 25.5. The van der Waals surface area contributed by atoms with E-state index in [4.69, 9.17) is 17.0 Å². The summed E-state index contributed by atoms with van der Waals surface area (Å²) in [4.78, 5) is 0. The third kappa shape index (κ3) is 14.6. The van der Waals surface area contributed by atoms with E-state index in [-0.39, 0.29) is 0 Å². The molecule has 0 nitrogen and oxygen atoms in total. The van der Waals surface area contributed by atoms with Crippen LogP contribution in [0.3, 0.4) is 0 Å². The normalized spacial score (nSPS) is 11.7. The fraction of sp³-hybridized carbons (Fsp3) is 0.206. The van der Waals surface area contributed by atoms with Gasteiger partial charge in [-0.1, -0.05) is 293 Å². The quantitative estimate of drug-likeness (QED) is 0.0946. The molecule has 0 aromatic heterocycles. The number of hydrogen-bond acceptors (Lipinski definition) is 0. The summed E-state index contributed by atoms with van der Waals surface area (Å²) in [5.41, 5.74) is 15.8. The minimum absolute atomic E-state index is 0.826. The van der Waals surface area contributed by atoms with Crippen LogP contribution in [0.25, 0.3) is 88.3 Å². The summed E-state index contributed by atoms with van der Waals surface area (Å²) < 4.78 is 0. The number of rotatable bonds is 10. The summed E-state index contributed by atoms with van der Waals surface area (Å²) in [6.07, 6.45) is 0. The Kier molecular flexibility index (Phi) is 19.9. The van der Waals surface area contributed by atoms with E-state index in [1.54, 1.807) is 20.7 Å². The average Bonchev–Trinajstić information content (AvgIpc) is 4.04. The van der Waals surface area contributed by atoms with Gasteiger partial charge in [0.25, 0.3) is 0 Å². The molecule has 0 atom stereocenters. The van der Waals surface area contributed by atoms with Crippen LogP contribution in [0.5, 0.6) is 0 Å². The van der Waals surface area contributed by atoms with Crippen molar-refractivity contribution in [2.45, 2.75) is 91.7 Å². The van der Waals surface area contributed by atoms with Crippen molar-refractivity contribution in [3.8, 4) is 66.8 Å². The maximum atomic E-state index is 4.93. The van der Waals surface area contributed by atoms with Crippen LogP contribution in [-0.4, -0.2) is 41.8 Å². The Bertz CT molecular complexity index is 3180. The van der Waals surface area contributed by atoms with Crippen molar-refractivity contribution < 1.29 is 20.8 Å². The molecule has 0 amide bonds. The van der Waals surface area contributed by atoms with E-state index < -0.39 is 53.1 Å². The fourth-order valence-corrected chi connectivity index (χ4v) is 14.8. The summed E-state index contributed by atoms with van der Waals surface area (Å²) in [5, 5.41) is 11.5. The molecule has 0 heterocycles. The van der Waals surface area contributed by atoms with Gasteiger partial charge in [-0.05, 0) is 44.5 Å². The molecule has 0 saturated heterocycles. The minimum atomic E-state index is -1.50. The predicted molar refractivity (Wildman–Crippen MR) is 353 cm³/mol. The number of benzene rings is 8. The second-order valence-corrected chi connectivity index (χ2v) is 49.1. The van der Waals surface area contributed by atoms with Crippen molar-refractivity contribution in [1.82, 2.24) is 0 Å². The number of halogens is 2. The van der Waals surface area contributed by atoms with Crippen molar-refractivity contribution in [1.29, 1.82) is 0 Å². The Hall–Kier alpha value is -4.47. The Morgan fingerprint density at radius 1 is 0.329 bits per heavy atom. The van der Waals surface area contributed by atoms with Gasteiger partial charge < -0.3 is 0 Å². The van der Waals surface area contributed by atoms with Gasteiger partial charge in [0.2, 0.25) is 0 Å². The summed E-state index contributed by atoms with van der Waals surface area (Å²) in [5.74, 6) is 0. The molecular weight excluding hydrogens is 1120 g/mol. The molecule has 0 saturated carbocycles. The Morgan fingerprint density at radius 2 is 0.579 bits per heavy atom. The molecule has 8 heteroatoms. The van der Waals surface area contributed by atoms with Crippen LogP contribution in [-0.2, 0) is 20.8 Å². The zero-order valence-electron chi connectivity index (χ0n) is 47.4. The van der Waals surface area contributed by atoms with Gasteiger partial charge >= 0.3 is 37.9 Å². The van der Waals surface area contributed by atoms with Crippen molar-refractivity contribution in [3.63, 3.8) is 0 Å². The number of fused-ring (bicyclic) bond motifs is 2. The van der Waals surface area contributed by atoms with Gasteiger partial charge in [-0.15, -0.1) is 69.1 Å². The Balaban J connectivity index is 0.000000201. The van der Waals surface area contributed by atoms with E-state index in [1.165, 1.54) is 88.3 Å². The monoisotopic (exact) mass is 1190 g/mol. The Labute approximate surface area is 482 Å². The van der Waals surface area contributed by atoms with Gasteiger partial charge in [0, 0.05) is 9.52 Å². The zero-order valence-corrected chi connectivity index (χ0v) is 56.4. The first-order valence-electron chi connectivity index (χ1n) is 26.6. The molecule has 10 aromatic carbocycles. The third-order valence-electron chi connectivity index (χ3n) is 14.1. The van der Waals surface area contributed by atoms with Crippen LogP contribution in [0.1, 0.15) is 0 Å². The van der Waals surface area contributed by atoms with Gasteiger partial charge in [0.05, 0.1) is 32.3 Å². The molecule has 0 spiro atoms. The van der Waals surface area contributed by atoms with Crippen molar-refractivity contribution in [2.24, 2.45) is 0 Å². The van der Waals surface area contributed by atoms with Gasteiger partial charge in [-0.25, -0.2) is 0 Å². The molecule has 0 aliphatic rings. The fourth-order valence-electron chi connectivity index (χ4n) is 9.77. The second-order valence-electron chi connectivity index (χ2n) is 24.1. The SMILES string of the molecule is C[Si](C)(C)c1cc(-c2c(-c3ccccc3)ccc3[cH-]c(-c4ccccc4)cc23)cc([Si](C)(C)C)c1.C[Si](C)(C)c1cc(-c2c(-c3ccccc3)ccc3[cH-]c(-c4ccccc4)cc23)cc([Si](C)(C)C)c1.C[Si]C.[Cl][Zr+2][Cl]. The van der Waals surface area contributed by atoms with Crippen molar-refractivity contribution >= 4 is 101 Å². The van der Waals surface area contributed by atoms with Crippen LogP contribution in [0.15, 0.2) is 206 Å². The van der Waals surface area contributed by atoms with E-state index in [0.29, 0.717) is 0 Å². The van der Waals surface area contributed by atoms with Crippen LogP contribution in [0, 0.1) is 0 Å². The summed E-state index contributed by atoms with van der Waals surface area (Å²) in [6.45, 7) is 33.9. The average molecular weight is 1200 g/mol. The topological polar surface area (TPSA) is 0 Å². The van der Waals surface area contributed by atoms with Crippen LogP contribution < -0.4 is 20.7 Å². The molecule has 76 heavy (non-hydrogen) atoms. The van der Waals surface area contributed by atoms with Crippen molar-refractivity contribution in [2.75, 3.05) is 0 Å². The number of hydrogen-bond donors (Lipinski definition) is 0. The molecule has 0 bridgehead atoms. The first-order chi connectivity index (χ1) is 36.0. The van der Waals surface area contributed by atoms with Gasteiger partial charge in [0.15, 0.2) is 0 Å². The molecule has 0 aliphatic carbocycles. The predicted octanol–water partition coefficient (Wildman–Crippen LogP) is 19.5. The van der Waals surface area contributed by atoms with E-state index >= 15 is 0 Å². The summed E-state index contributed by atoms with van der Waals surface area (Å²) >= 11 is -0.826. The Morgan fingerprint density at radius 3 is 0.829 bits per heavy atom. The standard InChI is InChI=1S/2C33H35Si2.C2H6Si.2ClH.Zr/c2*1-34(2,3)29-20-28(21-30(23-29)35(4,5)6)33-31(25-15-11-8-12-16-25)18-17-26-19-27(22-32(26)33)24-13-9-7-10-14-24;1-3-2;;;/h2*7-23H,1-6H3;1-2H3;2*1H;/q2*-1;;;;+4/p-2. The molecule has 10 rings (SSSR count). The molecule has 2 radical (unpaired) electrons. The van der Waals surface area contributed by atoms with Gasteiger partial charge in [0.1, 0.15) is 0 Å². The molecule has 0 unspecified atom stereocenters. The maximum absolute atomic E-state index is 4.93. The van der Waals surface area contributed by atoms with Crippen LogP contribution >= 0.6 is 17.0 Å². The van der Waals surface area contributed by atoms with E-state index in [0.717, 1.165) is 9.52 Å². The van der Waals surface area contributed by atoms with Crippen LogP contribution in [0.4, 0.5) is 0 Å². The summed E-state index contributed by atoms with van der Waals surface area (Å²) in [7, 11) is 4.96. The first kappa shape index (κ1) is 59.2. The van der Waals surface area contributed by atoms with E-state index in [1.807, 2.05) is 0 Å². The molecule has 386 valence electrons. The first-order valence-corrected chi connectivity index (χ1v) is 48.9. The van der Waals surface area contributed by atoms with Gasteiger partial charge in [-0.2, -0.15) is 0 Å². The van der Waals surface area contributed by atoms with E-state index in [2.05, 4.69) is 298 Å². The van der Waals surface area contributed by atoms with Gasteiger partial charge in [-0.3, -0.25) is 0 Å². The molecule has 0 N–H and O–H groups in total. The third-order valence-corrected chi connectivity index (χ3v) is 22.2. The molecule has 10 aromatic rings. The molecular formula is C68H76Cl2Si5Zr. The molecule has 0 fully saturated rings. The molecule has 0 aliphatic heterocycles. The van der Waals surface area contributed by atoms with E-state index in [9.17, 15) is 0 Å². The summed E-state index contributed by atoms with van der Waals surface area (Å²) in [6, 6.07) is 77.2. The van der Waals surface area contributed by atoms with Crippen LogP contribution in [0.2, 0.25) is 91.7 Å². The van der Waals surface area contributed by atoms with Crippen molar-refractivity contribution in [3.05, 3.63) is 206 Å².